The molecule has 1 aromatic carbocycles. The van der Waals surface area contributed by atoms with Crippen molar-refractivity contribution >= 4 is 23.0 Å². The number of hydrogen-bond donors (Lipinski definition) is 1. The van der Waals surface area contributed by atoms with Crippen molar-refractivity contribution < 1.29 is 9.31 Å². The van der Waals surface area contributed by atoms with Gasteiger partial charge in [0.15, 0.2) is 0 Å². The van der Waals surface area contributed by atoms with Crippen LogP contribution in [0.3, 0.4) is 0 Å². The van der Waals surface area contributed by atoms with Gasteiger partial charge in [0, 0.05) is 6.54 Å². The maximum Gasteiger partial charge on any atom is 0.295 e. The first-order chi connectivity index (χ1) is 6.56. The molecular weight excluding hydrogens is 211 g/mol. The van der Waals surface area contributed by atoms with Gasteiger partial charge in [-0.15, -0.1) is 0 Å². The maximum atomic E-state index is 12.9. The van der Waals surface area contributed by atoms with E-state index in [-0.39, 0.29) is 16.4 Å². The number of hydrogen-bond acceptors (Lipinski definition) is 3. The van der Waals surface area contributed by atoms with Gasteiger partial charge in [-0.05, 0) is 13.0 Å². The lowest BCUT2D eigenvalue weighted by molar-refractivity contribution is -0.384. The highest BCUT2D eigenvalue weighted by molar-refractivity contribution is 6.31. The number of nitrogens with one attached hydrogen (secondary N) is 1. The topological polar surface area (TPSA) is 55.2 Å². The summed E-state index contributed by atoms with van der Waals surface area (Å²) in [7, 11) is 0. The second-order valence-electron chi connectivity index (χ2n) is 2.57. The van der Waals surface area contributed by atoms with E-state index in [1.54, 1.807) is 6.92 Å². The molecule has 0 aromatic heterocycles. The molecule has 0 fully saturated rings. The lowest BCUT2D eigenvalue weighted by atomic mass is 10.2. The molecule has 4 nitrogen and oxygen atoms in total. The van der Waals surface area contributed by atoms with Crippen LogP contribution in [0.25, 0.3) is 0 Å². The molecule has 0 aliphatic carbocycles. The van der Waals surface area contributed by atoms with Crippen molar-refractivity contribution in [2.75, 3.05) is 11.9 Å². The summed E-state index contributed by atoms with van der Waals surface area (Å²) in [5.74, 6) is -0.792. The van der Waals surface area contributed by atoms with Gasteiger partial charge in [0.05, 0.1) is 16.0 Å². The zero-order valence-corrected chi connectivity index (χ0v) is 8.14. The smallest absolute Gasteiger partial charge is 0.295 e. The molecule has 0 atom stereocenters. The summed E-state index contributed by atoms with van der Waals surface area (Å²) >= 11 is 5.49. The van der Waals surface area contributed by atoms with Crippen molar-refractivity contribution in [3.63, 3.8) is 0 Å². The average Bonchev–Trinajstić information content (AvgIpc) is 2.11. The predicted octanol–water partition coefficient (Wildman–Crippen LogP) is 2.82. The third-order valence-electron chi connectivity index (χ3n) is 1.60. The predicted molar refractivity (Wildman–Crippen MR) is 52.2 cm³/mol. The summed E-state index contributed by atoms with van der Waals surface area (Å²) in [4.78, 5) is 9.86. The van der Waals surface area contributed by atoms with Gasteiger partial charge >= 0.3 is 0 Å². The number of nitrogens with zero attached hydrogens (tertiary/aromatic N) is 1. The normalized spacial score (nSPS) is 9.93. The third kappa shape index (κ3) is 2.11. The molecule has 0 radical (unpaired) electrons. The molecule has 0 heterocycles. The molecule has 6 heteroatoms. The maximum absolute atomic E-state index is 12.9. The van der Waals surface area contributed by atoms with Crippen molar-refractivity contribution in [1.29, 1.82) is 0 Å². The minimum atomic E-state index is -0.792. The van der Waals surface area contributed by atoms with Crippen LogP contribution in [0.4, 0.5) is 15.8 Å². The summed E-state index contributed by atoms with van der Waals surface area (Å²) < 4.78 is 12.9. The molecule has 1 N–H and O–H groups in total. The fraction of sp³-hybridized carbons (Fsp3) is 0.250. The average molecular weight is 219 g/mol. The van der Waals surface area contributed by atoms with Crippen molar-refractivity contribution in [2.45, 2.75) is 6.92 Å². The minimum Gasteiger partial charge on any atom is -0.380 e. The van der Waals surface area contributed by atoms with E-state index in [2.05, 4.69) is 5.32 Å². The fourth-order valence-electron chi connectivity index (χ4n) is 1.02. The molecule has 76 valence electrons. The Morgan fingerprint density at radius 2 is 2.29 bits per heavy atom. The van der Waals surface area contributed by atoms with Gasteiger partial charge in [-0.1, -0.05) is 11.6 Å². The van der Waals surface area contributed by atoms with E-state index in [1.165, 1.54) is 6.07 Å². The van der Waals surface area contributed by atoms with Crippen LogP contribution >= 0.6 is 11.6 Å². The number of anilines is 1. The van der Waals surface area contributed by atoms with Gasteiger partial charge < -0.3 is 5.32 Å². The third-order valence-corrected chi connectivity index (χ3v) is 1.89. The SMILES string of the molecule is CCNc1cc(Cl)c(F)cc1[N+](=O)[O-]. The van der Waals surface area contributed by atoms with Crippen molar-refractivity contribution in [2.24, 2.45) is 0 Å². The molecule has 0 aliphatic heterocycles. The number of halogens is 2. The van der Waals surface area contributed by atoms with Crippen LogP contribution < -0.4 is 5.32 Å². The molecule has 14 heavy (non-hydrogen) atoms. The second kappa shape index (κ2) is 4.23. The van der Waals surface area contributed by atoms with Crippen LogP contribution in [0.1, 0.15) is 6.92 Å². The summed E-state index contributed by atoms with van der Waals surface area (Å²) in [6.07, 6.45) is 0. The quantitative estimate of drug-likeness (QED) is 0.627. The highest BCUT2D eigenvalue weighted by Gasteiger charge is 2.16. The molecule has 1 rings (SSSR count). The Labute approximate surface area is 84.8 Å². The Morgan fingerprint density at radius 1 is 1.64 bits per heavy atom. The van der Waals surface area contributed by atoms with Crippen LogP contribution in [0.5, 0.6) is 0 Å². The molecule has 0 aliphatic rings. The summed E-state index contributed by atoms with van der Waals surface area (Å²) in [5.41, 5.74) is -0.0855. The first-order valence-electron chi connectivity index (χ1n) is 3.93. The van der Waals surface area contributed by atoms with E-state index < -0.39 is 10.7 Å². The van der Waals surface area contributed by atoms with E-state index in [4.69, 9.17) is 11.6 Å². The van der Waals surface area contributed by atoms with Crippen molar-refractivity contribution in [1.82, 2.24) is 0 Å². The largest absolute Gasteiger partial charge is 0.380 e. The van der Waals surface area contributed by atoms with Crippen LogP contribution in [-0.2, 0) is 0 Å². The van der Waals surface area contributed by atoms with Gasteiger partial charge in [0.2, 0.25) is 0 Å². The lowest BCUT2D eigenvalue weighted by Crippen LogP contribution is -2.01. The van der Waals surface area contributed by atoms with Crippen molar-refractivity contribution in [3.05, 3.63) is 33.1 Å². The lowest BCUT2D eigenvalue weighted by Gasteiger charge is -2.04. The Kier molecular flexibility index (Phi) is 3.24. The highest BCUT2D eigenvalue weighted by atomic mass is 35.5. The minimum absolute atomic E-state index is 0.133. The monoisotopic (exact) mass is 218 g/mol. The molecule has 0 spiro atoms. The summed E-state index contributed by atoms with van der Waals surface area (Å²) in [6.45, 7) is 2.28. The van der Waals surface area contributed by atoms with Gasteiger partial charge in [0.25, 0.3) is 5.69 Å². The molecular formula is C8H8ClFN2O2. The first kappa shape index (κ1) is 10.7. The van der Waals surface area contributed by atoms with Crippen LogP contribution in [0.2, 0.25) is 5.02 Å². The van der Waals surface area contributed by atoms with Crippen molar-refractivity contribution in [3.8, 4) is 0 Å². The van der Waals surface area contributed by atoms with Crippen LogP contribution in [0, 0.1) is 15.9 Å². The molecule has 0 saturated carbocycles. The number of nitro benzene ring substituents is 1. The molecule has 0 amide bonds. The van der Waals surface area contributed by atoms with E-state index in [0.717, 1.165) is 6.07 Å². The summed E-state index contributed by atoms with van der Waals surface area (Å²) in [5, 5.41) is 13.1. The Morgan fingerprint density at radius 3 is 2.79 bits per heavy atom. The molecule has 0 bridgehead atoms. The van der Waals surface area contributed by atoms with E-state index >= 15 is 0 Å². The highest BCUT2D eigenvalue weighted by Crippen LogP contribution is 2.29. The molecule has 0 unspecified atom stereocenters. The zero-order valence-electron chi connectivity index (χ0n) is 7.38. The second-order valence-corrected chi connectivity index (χ2v) is 2.98. The van der Waals surface area contributed by atoms with Gasteiger partial charge in [0.1, 0.15) is 11.5 Å². The van der Waals surface area contributed by atoms with E-state index in [0.29, 0.717) is 6.54 Å². The Balaban J connectivity index is 3.24. The number of rotatable bonds is 3. The van der Waals surface area contributed by atoms with E-state index in [1.807, 2.05) is 0 Å². The number of benzene rings is 1. The number of nitro groups is 1. The fourth-order valence-corrected chi connectivity index (χ4v) is 1.18. The zero-order chi connectivity index (χ0) is 10.7. The Bertz CT molecular complexity index is 371. The van der Waals surface area contributed by atoms with Gasteiger partial charge in [-0.2, -0.15) is 0 Å². The van der Waals surface area contributed by atoms with Crippen LogP contribution in [0.15, 0.2) is 12.1 Å². The molecule has 0 saturated heterocycles. The van der Waals surface area contributed by atoms with Gasteiger partial charge in [-0.3, -0.25) is 10.1 Å². The van der Waals surface area contributed by atoms with Crippen LogP contribution in [-0.4, -0.2) is 11.5 Å². The van der Waals surface area contributed by atoms with Gasteiger partial charge in [-0.25, -0.2) is 4.39 Å². The Hall–Kier alpha value is -1.36. The summed E-state index contributed by atoms with van der Waals surface area (Å²) in [6, 6.07) is 2.01. The molecule has 1 aromatic rings. The first-order valence-corrected chi connectivity index (χ1v) is 4.31. The van der Waals surface area contributed by atoms with E-state index in [9.17, 15) is 14.5 Å². The standard InChI is InChI=1S/C8H8ClFN2O2/c1-2-11-7-3-5(9)6(10)4-8(7)12(13)14/h3-4,11H,2H2,1H3.